The maximum Gasteiger partial charge on any atom is -0.0215 e. The first-order chi connectivity index (χ1) is 4.85. The molecule has 1 heteroatoms. The Balaban J connectivity index is 0. The molecule has 0 radical (unpaired) electrons. The lowest BCUT2D eigenvalue weighted by atomic mass is 10.2. The normalized spacial score (nSPS) is 9.30. The molecule has 0 aliphatic heterocycles. The summed E-state index contributed by atoms with van der Waals surface area (Å²) in [5.74, 6) is 0. The first-order valence-corrected chi connectivity index (χ1v) is 4.13. The zero-order valence-corrected chi connectivity index (χ0v) is 7.70. The Hall–Kier alpha value is -0.430. The Bertz CT molecular complexity index is 112. The Morgan fingerprint density at radius 1 is 1.40 bits per heavy atom. The lowest BCUT2D eigenvalue weighted by Gasteiger charge is -1.89. The van der Waals surface area contributed by atoms with Crippen molar-refractivity contribution in [1.82, 2.24) is 0 Å². The van der Waals surface area contributed by atoms with Crippen molar-refractivity contribution in [3.8, 4) is 0 Å². The van der Waals surface area contributed by atoms with Crippen molar-refractivity contribution in [3.05, 3.63) is 37.0 Å². The standard InChI is InChI=1S/C8H12.CH4S/c1-4-7-8(5-2)6-3;1-2/h4-5,7H,1-2,6H2,3H3;2H,1H3/b8-7+;. The zero-order valence-electron chi connectivity index (χ0n) is 6.80. The number of hydrogen-bond acceptors (Lipinski definition) is 1. The molecule has 0 N–H and O–H groups in total. The van der Waals surface area contributed by atoms with Crippen LogP contribution < -0.4 is 0 Å². The minimum Gasteiger partial charge on any atom is -0.183 e. The van der Waals surface area contributed by atoms with E-state index in [1.54, 1.807) is 12.3 Å². The predicted molar refractivity (Wildman–Crippen MR) is 53.7 cm³/mol. The van der Waals surface area contributed by atoms with Crippen LogP contribution in [0.1, 0.15) is 13.3 Å². The quantitative estimate of drug-likeness (QED) is 0.470. The van der Waals surface area contributed by atoms with E-state index in [9.17, 15) is 0 Å². The Kier molecular flexibility index (Phi) is 14.0. The molecule has 0 heterocycles. The summed E-state index contributed by atoms with van der Waals surface area (Å²) in [6.07, 6.45) is 8.32. The van der Waals surface area contributed by atoms with E-state index in [4.69, 9.17) is 0 Å². The summed E-state index contributed by atoms with van der Waals surface area (Å²) in [6.45, 7) is 9.30. The molecule has 10 heavy (non-hydrogen) atoms. The molecule has 0 nitrogen and oxygen atoms in total. The second-order valence-electron chi connectivity index (χ2n) is 1.53. The maximum absolute atomic E-state index is 3.63. The fraction of sp³-hybridized carbons (Fsp3) is 0.333. The Morgan fingerprint density at radius 3 is 2.00 bits per heavy atom. The summed E-state index contributed by atoms with van der Waals surface area (Å²) in [5.41, 5.74) is 1.24. The number of rotatable bonds is 3. The second-order valence-corrected chi connectivity index (χ2v) is 1.53. The average Bonchev–Trinajstić information content (AvgIpc) is 2.04. The molecule has 0 spiro atoms. The fourth-order valence-electron chi connectivity index (χ4n) is 0.482. The van der Waals surface area contributed by atoms with Crippen LogP contribution in [0.4, 0.5) is 0 Å². The molecule has 0 aliphatic carbocycles. The minimum atomic E-state index is 1.04. The third kappa shape index (κ3) is 7.57. The Morgan fingerprint density at radius 2 is 1.90 bits per heavy atom. The van der Waals surface area contributed by atoms with Crippen LogP contribution in [-0.2, 0) is 0 Å². The highest BCUT2D eigenvalue weighted by molar-refractivity contribution is 7.79. The largest absolute Gasteiger partial charge is 0.183 e. The predicted octanol–water partition coefficient (Wildman–Crippen LogP) is 3.24. The van der Waals surface area contributed by atoms with Gasteiger partial charge in [0.2, 0.25) is 0 Å². The SMILES string of the molecule is C=C/C=C(\C=C)CC.CS. The van der Waals surface area contributed by atoms with Gasteiger partial charge in [0.05, 0.1) is 0 Å². The van der Waals surface area contributed by atoms with Gasteiger partial charge in [0.1, 0.15) is 0 Å². The average molecular weight is 156 g/mol. The van der Waals surface area contributed by atoms with Gasteiger partial charge in [-0.05, 0) is 18.2 Å². The van der Waals surface area contributed by atoms with Crippen LogP contribution in [0.3, 0.4) is 0 Å². The van der Waals surface area contributed by atoms with Crippen LogP contribution >= 0.6 is 12.6 Å². The van der Waals surface area contributed by atoms with Gasteiger partial charge in [-0.3, -0.25) is 0 Å². The molecule has 0 saturated carbocycles. The van der Waals surface area contributed by atoms with Crippen molar-refractivity contribution in [2.45, 2.75) is 13.3 Å². The highest BCUT2D eigenvalue weighted by atomic mass is 32.1. The van der Waals surface area contributed by atoms with Crippen molar-refractivity contribution in [1.29, 1.82) is 0 Å². The van der Waals surface area contributed by atoms with Gasteiger partial charge in [-0.1, -0.05) is 38.3 Å². The Labute approximate surface area is 69.8 Å². The van der Waals surface area contributed by atoms with Gasteiger partial charge in [0.15, 0.2) is 0 Å². The monoisotopic (exact) mass is 156 g/mol. The molecule has 0 bridgehead atoms. The van der Waals surface area contributed by atoms with Crippen LogP contribution in [0.15, 0.2) is 37.0 Å². The van der Waals surface area contributed by atoms with Crippen molar-refractivity contribution in [3.63, 3.8) is 0 Å². The van der Waals surface area contributed by atoms with Gasteiger partial charge in [-0.25, -0.2) is 0 Å². The molecular formula is C9H16S. The van der Waals surface area contributed by atoms with E-state index in [-0.39, 0.29) is 0 Å². The molecule has 0 saturated heterocycles. The third-order valence-electron chi connectivity index (χ3n) is 1.00. The molecule has 0 rings (SSSR count). The topological polar surface area (TPSA) is 0 Å². The van der Waals surface area contributed by atoms with Gasteiger partial charge in [0.25, 0.3) is 0 Å². The van der Waals surface area contributed by atoms with Crippen LogP contribution in [-0.4, -0.2) is 6.26 Å². The van der Waals surface area contributed by atoms with Gasteiger partial charge < -0.3 is 0 Å². The molecule has 0 atom stereocenters. The van der Waals surface area contributed by atoms with E-state index in [1.165, 1.54) is 5.57 Å². The van der Waals surface area contributed by atoms with E-state index in [2.05, 4.69) is 32.7 Å². The first-order valence-electron chi connectivity index (χ1n) is 3.24. The van der Waals surface area contributed by atoms with Crippen LogP contribution in [0.5, 0.6) is 0 Å². The first kappa shape index (κ1) is 12.3. The van der Waals surface area contributed by atoms with Crippen molar-refractivity contribution < 1.29 is 0 Å². The van der Waals surface area contributed by atoms with Gasteiger partial charge in [-0.2, -0.15) is 12.6 Å². The van der Waals surface area contributed by atoms with Gasteiger partial charge >= 0.3 is 0 Å². The van der Waals surface area contributed by atoms with E-state index in [1.807, 2.05) is 12.2 Å². The second kappa shape index (κ2) is 11.4. The summed E-state index contributed by atoms with van der Waals surface area (Å²) in [5, 5.41) is 0. The molecule has 0 aromatic carbocycles. The van der Waals surface area contributed by atoms with Crippen molar-refractivity contribution >= 4 is 12.6 Å². The zero-order chi connectivity index (χ0) is 8.41. The van der Waals surface area contributed by atoms with E-state index in [0.29, 0.717) is 0 Å². The lowest BCUT2D eigenvalue weighted by Crippen LogP contribution is -1.68. The van der Waals surface area contributed by atoms with Crippen LogP contribution in [0, 0.1) is 0 Å². The number of hydrogen-bond donors (Lipinski definition) is 1. The molecule has 0 amide bonds. The summed E-state index contributed by atoms with van der Waals surface area (Å²) < 4.78 is 0. The van der Waals surface area contributed by atoms with Crippen LogP contribution in [0.25, 0.3) is 0 Å². The van der Waals surface area contributed by atoms with E-state index < -0.39 is 0 Å². The highest BCUT2D eigenvalue weighted by Crippen LogP contribution is 1.99. The molecule has 0 aliphatic rings. The third-order valence-corrected chi connectivity index (χ3v) is 1.00. The van der Waals surface area contributed by atoms with Crippen molar-refractivity contribution in [2.75, 3.05) is 6.26 Å². The van der Waals surface area contributed by atoms with Crippen molar-refractivity contribution in [2.24, 2.45) is 0 Å². The summed E-state index contributed by atoms with van der Waals surface area (Å²) in [7, 11) is 0. The molecule has 0 aromatic heterocycles. The summed E-state index contributed by atoms with van der Waals surface area (Å²) in [4.78, 5) is 0. The summed E-state index contributed by atoms with van der Waals surface area (Å²) in [6, 6.07) is 0. The number of allylic oxidation sites excluding steroid dienone is 4. The minimum absolute atomic E-state index is 1.04. The van der Waals surface area contributed by atoms with Crippen LogP contribution in [0.2, 0.25) is 0 Å². The van der Waals surface area contributed by atoms with E-state index in [0.717, 1.165) is 6.42 Å². The smallest absolute Gasteiger partial charge is 0.0215 e. The molecule has 0 fully saturated rings. The number of thiol groups is 1. The maximum atomic E-state index is 3.63. The lowest BCUT2D eigenvalue weighted by molar-refractivity contribution is 1.15. The molecular weight excluding hydrogens is 140 g/mol. The summed E-state index contributed by atoms with van der Waals surface area (Å²) >= 11 is 3.53. The van der Waals surface area contributed by atoms with Gasteiger partial charge in [-0.15, -0.1) is 0 Å². The molecule has 0 aromatic rings. The van der Waals surface area contributed by atoms with E-state index >= 15 is 0 Å². The highest BCUT2D eigenvalue weighted by Gasteiger charge is 1.79. The molecule has 58 valence electrons. The fourth-order valence-corrected chi connectivity index (χ4v) is 0.482. The van der Waals surface area contributed by atoms with Gasteiger partial charge in [0, 0.05) is 0 Å². The molecule has 0 unspecified atom stereocenters.